The quantitative estimate of drug-likeness (QED) is 0.850. The van der Waals surface area contributed by atoms with Gasteiger partial charge in [0.2, 0.25) is 0 Å². The van der Waals surface area contributed by atoms with Crippen LogP contribution in [0.1, 0.15) is 5.56 Å². The topological polar surface area (TPSA) is 52.5 Å². The highest BCUT2D eigenvalue weighted by Crippen LogP contribution is 2.21. The lowest BCUT2D eigenvalue weighted by Gasteiger charge is -1.96. The van der Waals surface area contributed by atoms with Crippen LogP contribution in [-0.2, 0) is 6.42 Å². The molecular weight excluding hydrogens is 249 g/mol. The Morgan fingerprint density at radius 2 is 2.36 bits per heavy atom. The van der Waals surface area contributed by atoms with Gasteiger partial charge < -0.3 is 4.98 Å². The Balaban J connectivity index is 2.74. The van der Waals surface area contributed by atoms with Gasteiger partial charge in [-0.25, -0.2) is 9.37 Å². The van der Waals surface area contributed by atoms with Crippen LogP contribution < -0.4 is 0 Å². The summed E-state index contributed by atoms with van der Waals surface area (Å²) in [5.74, 6) is -0.362. The first-order chi connectivity index (χ1) is 6.70. The molecule has 0 spiro atoms. The standard InChI is InChI=1S/C9H5BrFN3/c10-9-13-7-4-6(11)3-5(1-2-12)8(7)14-9/h3-4H,1H2,(H,13,14). The Labute approximate surface area is 87.7 Å². The van der Waals surface area contributed by atoms with Crippen molar-refractivity contribution in [2.45, 2.75) is 6.42 Å². The predicted octanol–water partition coefficient (Wildman–Crippen LogP) is 2.53. The number of nitriles is 1. The highest BCUT2D eigenvalue weighted by Gasteiger charge is 2.08. The minimum Gasteiger partial charge on any atom is -0.332 e. The molecule has 1 N–H and O–H groups in total. The van der Waals surface area contributed by atoms with E-state index in [1.807, 2.05) is 6.07 Å². The molecule has 0 amide bonds. The summed E-state index contributed by atoms with van der Waals surface area (Å²) >= 11 is 3.16. The highest BCUT2D eigenvalue weighted by atomic mass is 79.9. The molecule has 2 rings (SSSR count). The monoisotopic (exact) mass is 253 g/mol. The molecule has 0 aliphatic heterocycles. The fourth-order valence-corrected chi connectivity index (χ4v) is 1.73. The van der Waals surface area contributed by atoms with Crippen LogP contribution in [-0.4, -0.2) is 9.97 Å². The average molecular weight is 254 g/mol. The zero-order valence-corrected chi connectivity index (χ0v) is 8.60. The van der Waals surface area contributed by atoms with Crippen LogP contribution in [0.25, 0.3) is 11.0 Å². The minimum atomic E-state index is -0.362. The number of fused-ring (bicyclic) bond motifs is 1. The molecule has 0 fully saturated rings. The van der Waals surface area contributed by atoms with Gasteiger partial charge in [-0.3, -0.25) is 0 Å². The second-order valence-corrected chi connectivity index (χ2v) is 3.57. The van der Waals surface area contributed by atoms with E-state index in [0.717, 1.165) is 0 Å². The molecular formula is C9H5BrFN3. The fraction of sp³-hybridized carbons (Fsp3) is 0.111. The molecule has 0 saturated carbocycles. The third-order valence-corrected chi connectivity index (χ3v) is 2.25. The predicted molar refractivity (Wildman–Crippen MR) is 53.1 cm³/mol. The fourth-order valence-electron chi connectivity index (χ4n) is 1.34. The summed E-state index contributed by atoms with van der Waals surface area (Å²) in [6.45, 7) is 0. The molecule has 1 heterocycles. The first kappa shape index (κ1) is 9.16. The number of hydrogen-bond donors (Lipinski definition) is 1. The van der Waals surface area contributed by atoms with Crippen molar-refractivity contribution in [1.29, 1.82) is 5.26 Å². The lowest BCUT2D eigenvalue weighted by molar-refractivity contribution is 0.628. The first-order valence-electron chi connectivity index (χ1n) is 3.91. The van der Waals surface area contributed by atoms with Crippen LogP contribution in [0.5, 0.6) is 0 Å². The Kier molecular flexibility index (Phi) is 2.22. The van der Waals surface area contributed by atoms with E-state index in [1.165, 1.54) is 12.1 Å². The lowest BCUT2D eigenvalue weighted by atomic mass is 10.1. The van der Waals surface area contributed by atoms with Gasteiger partial charge in [0, 0.05) is 0 Å². The average Bonchev–Trinajstić information content (AvgIpc) is 2.45. The van der Waals surface area contributed by atoms with Crippen LogP contribution in [0.15, 0.2) is 16.9 Å². The maximum Gasteiger partial charge on any atom is 0.175 e. The summed E-state index contributed by atoms with van der Waals surface area (Å²) in [7, 11) is 0. The third-order valence-electron chi connectivity index (χ3n) is 1.87. The number of H-pyrrole nitrogens is 1. The third kappa shape index (κ3) is 1.49. The number of aromatic nitrogens is 2. The number of benzene rings is 1. The molecule has 0 radical (unpaired) electrons. The molecule has 0 bridgehead atoms. The SMILES string of the molecule is N#CCc1cc(F)cc2[nH]c(Br)nc12. The molecule has 2 aromatic rings. The minimum absolute atomic E-state index is 0.158. The maximum atomic E-state index is 13.1. The Hall–Kier alpha value is -1.41. The zero-order valence-electron chi connectivity index (χ0n) is 7.01. The summed E-state index contributed by atoms with van der Waals surface area (Å²) in [6, 6.07) is 4.66. The lowest BCUT2D eigenvalue weighted by Crippen LogP contribution is -1.86. The number of nitrogens with one attached hydrogen (secondary N) is 1. The summed E-state index contributed by atoms with van der Waals surface area (Å²) in [5, 5.41) is 8.55. The molecule has 3 nitrogen and oxygen atoms in total. The van der Waals surface area contributed by atoms with Gasteiger partial charge in [-0.15, -0.1) is 0 Å². The molecule has 0 unspecified atom stereocenters. The van der Waals surface area contributed by atoms with Crippen LogP contribution in [0, 0.1) is 17.1 Å². The van der Waals surface area contributed by atoms with Gasteiger partial charge in [0.25, 0.3) is 0 Å². The van der Waals surface area contributed by atoms with E-state index in [9.17, 15) is 4.39 Å². The number of aromatic amines is 1. The molecule has 0 aliphatic rings. The second-order valence-electron chi connectivity index (χ2n) is 2.82. The number of nitrogens with zero attached hydrogens (tertiary/aromatic N) is 2. The number of imidazole rings is 1. The van der Waals surface area contributed by atoms with Crippen molar-refractivity contribution >= 4 is 27.0 Å². The van der Waals surface area contributed by atoms with Crippen molar-refractivity contribution < 1.29 is 4.39 Å². The van der Waals surface area contributed by atoms with Crippen molar-refractivity contribution in [2.75, 3.05) is 0 Å². The van der Waals surface area contributed by atoms with Crippen LogP contribution >= 0.6 is 15.9 Å². The molecule has 0 saturated heterocycles. The van der Waals surface area contributed by atoms with Crippen LogP contribution in [0.2, 0.25) is 0 Å². The second kappa shape index (κ2) is 3.39. The molecule has 1 aromatic carbocycles. The normalized spacial score (nSPS) is 10.4. The van der Waals surface area contributed by atoms with E-state index in [2.05, 4.69) is 25.9 Å². The molecule has 0 aliphatic carbocycles. The molecule has 0 atom stereocenters. The van der Waals surface area contributed by atoms with E-state index in [0.29, 0.717) is 21.3 Å². The van der Waals surface area contributed by atoms with E-state index < -0.39 is 0 Å². The molecule has 5 heteroatoms. The van der Waals surface area contributed by atoms with Crippen molar-refractivity contribution in [3.8, 4) is 6.07 Å². The number of halogens is 2. The summed E-state index contributed by atoms with van der Waals surface area (Å²) < 4.78 is 13.6. The van der Waals surface area contributed by atoms with Crippen molar-refractivity contribution in [3.05, 3.63) is 28.2 Å². The van der Waals surface area contributed by atoms with Crippen molar-refractivity contribution in [2.24, 2.45) is 0 Å². The van der Waals surface area contributed by atoms with E-state index in [4.69, 9.17) is 5.26 Å². The zero-order chi connectivity index (χ0) is 10.1. The molecule has 70 valence electrons. The Morgan fingerprint density at radius 1 is 1.57 bits per heavy atom. The van der Waals surface area contributed by atoms with Crippen molar-refractivity contribution in [1.82, 2.24) is 9.97 Å². The van der Waals surface area contributed by atoms with E-state index in [-0.39, 0.29) is 12.2 Å². The van der Waals surface area contributed by atoms with Crippen molar-refractivity contribution in [3.63, 3.8) is 0 Å². The van der Waals surface area contributed by atoms with Gasteiger partial charge in [-0.1, -0.05) is 0 Å². The summed E-state index contributed by atoms with van der Waals surface area (Å²) in [4.78, 5) is 6.97. The summed E-state index contributed by atoms with van der Waals surface area (Å²) in [5.41, 5.74) is 1.84. The summed E-state index contributed by atoms with van der Waals surface area (Å²) in [6.07, 6.45) is 0.158. The van der Waals surface area contributed by atoms with Gasteiger partial charge in [0.1, 0.15) is 5.82 Å². The first-order valence-corrected chi connectivity index (χ1v) is 4.70. The van der Waals surface area contributed by atoms with Crippen LogP contribution in [0.3, 0.4) is 0 Å². The van der Waals surface area contributed by atoms with E-state index >= 15 is 0 Å². The highest BCUT2D eigenvalue weighted by molar-refractivity contribution is 9.10. The Bertz CT molecular complexity index is 527. The van der Waals surface area contributed by atoms with Gasteiger partial charge >= 0.3 is 0 Å². The van der Waals surface area contributed by atoms with Gasteiger partial charge in [-0.05, 0) is 33.6 Å². The van der Waals surface area contributed by atoms with Gasteiger partial charge in [0.15, 0.2) is 4.73 Å². The number of rotatable bonds is 1. The smallest absolute Gasteiger partial charge is 0.175 e. The van der Waals surface area contributed by atoms with E-state index in [1.54, 1.807) is 0 Å². The molecule has 1 aromatic heterocycles. The maximum absolute atomic E-state index is 13.1. The van der Waals surface area contributed by atoms with Crippen LogP contribution in [0.4, 0.5) is 4.39 Å². The largest absolute Gasteiger partial charge is 0.332 e. The Morgan fingerprint density at radius 3 is 3.07 bits per heavy atom. The molecule has 14 heavy (non-hydrogen) atoms. The number of hydrogen-bond acceptors (Lipinski definition) is 2. The van der Waals surface area contributed by atoms with Gasteiger partial charge in [0.05, 0.1) is 23.5 Å². The van der Waals surface area contributed by atoms with Gasteiger partial charge in [-0.2, -0.15) is 5.26 Å².